The largest absolute Gasteiger partial charge is 0.375 e. The number of anilines is 1. The molecule has 1 aromatic heterocycles. The van der Waals surface area contributed by atoms with Crippen molar-refractivity contribution >= 4 is 21.5 Å². The van der Waals surface area contributed by atoms with E-state index in [4.69, 9.17) is 4.74 Å². The molecular weight excluding hydrogens is 242 g/mol. The molecule has 2 aliphatic rings. The number of nitrogens with one attached hydrogen (secondary N) is 1. The van der Waals surface area contributed by atoms with Crippen molar-refractivity contribution in [3.63, 3.8) is 0 Å². The summed E-state index contributed by atoms with van der Waals surface area (Å²) in [6.07, 6.45) is 5.55. The van der Waals surface area contributed by atoms with Crippen LogP contribution in [0, 0.1) is 16.0 Å². The molecule has 3 unspecified atom stereocenters. The second-order valence-corrected chi connectivity index (χ2v) is 5.52. The molecule has 3 rings (SSSR count). The third-order valence-corrected chi connectivity index (χ3v) is 4.33. The predicted octanol–water partition coefficient (Wildman–Crippen LogP) is 2.03. The van der Waals surface area contributed by atoms with E-state index in [9.17, 15) is 10.1 Å². The Kier molecular flexibility index (Phi) is 2.71. The van der Waals surface area contributed by atoms with Crippen LogP contribution in [0.5, 0.6) is 0 Å². The fraction of sp³-hybridized carbons (Fsp3) is 0.700. The second-order valence-electron chi connectivity index (χ2n) is 4.51. The molecule has 0 aliphatic carbocycles. The van der Waals surface area contributed by atoms with Crippen LogP contribution in [-0.4, -0.2) is 28.7 Å². The van der Waals surface area contributed by atoms with Crippen molar-refractivity contribution < 1.29 is 9.66 Å². The van der Waals surface area contributed by atoms with Crippen LogP contribution in [-0.2, 0) is 4.74 Å². The molecule has 0 amide bonds. The van der Waals surface area contributed by atoms with E-state index in [0.29, 0.717) is 23.3 Å². The van der Waals surface area contributed by atoms with Crippen molar-refractivity contribution in [1.29, 1.82) is 0 Å². The Balaban J connectivity index is 1.55. The quantitative estimate of drug-likeness (QED) is 0.658. The third-order valence-electron chi connectivity index (χ3n) is 3.42. The van der Waals surface area contributed by atoms with Crippen LogP contribution in [0.2, 0.25) is 0 Å². The van der Waals surface area contributed by atoms with Gasteiger partial charge in [0.2, 0.25) is 0 Å². The number of nitro groups is 1. The van der Waals surface area contributed by atoms with Gasteiger partial charge in [-0.15, -0.1) is 0 Å². The summed E-state index contributed by atoms with van der Waals surface area (Å²) in [6.45, 7) is 0.797. The van der Waals surface area contributed by atoms with Gasteiger partial charge in [0.25, 0.3) is 0 Å². The molecule has 17 heavy (non-hydrogen) atoms. The van der Waals surface area contributed by atoms with Gasteiger partial charge >= 0.3 is 5.00 Å². The molecule has 6 nitrogen and oxygen atoms in total. The summed E-state index contributed by atoms with van der Waals surface area (Å²) in [5.41, 5.74) is 0. The van der Waals surface area contributed by atoms with Gasteiger partial charge < -0.3 is 10.1 Å². The number of hydrogen-bond donors (Lipinski definition) is 1. The molecule has 2 bridgehead atoms. The van der Waals surface area contributed by atoms with Gasteiger partial charge in [0.15, 0.2) is 5.13 Å². The first-order valence-electron chi connectivity index (χ1n) is 5.72. The first-order valence-corrected chi connectivity index (χ1v) is 6.53. The summed E-state index contributed by atoms with van der Waals surface area (Å²) >= 11 is 1.08. The van der Waals surface area contributed by atoms with Gasteiger partial charge in [0.1, 0.15) is 6.20 Å². The maximum absolute atomic E-state index is 10.5. The summed E-state index contributed by atoms with van der Waals surface area (Å²) in [6, 6.07) is 0. The standard InChI is InChI=1S/C10H13N3O3S/c14-13(15)9-5-12-10(17-9)11-4-6-3-7-1-2-8(6)16-7/h5-8H,1-4H2,(H,11,12). The summed E-state index contributed by atoms with van der Waals surface area (Å²) in [5, 5.41) is 14.4. The molecule has 2 fully saturated rings. The Bertz CT molecular complexity index is 436. The Morgan fingerprint density at radius 1 is 1.65 bits per heavy atom. The highest BCUT2D eigenvalue weighted by Crippen LogP contribution is 2.39. The average molecular weight is 255 g/mol. The van der Waals surface area contributed by atoms with Gasteiger partial charge in [-0.2, -0.15) is 0 Å². The van der Waals surface area contributed by atoms with Crippen LogP contribution in [0.4, 0.5) is 10.1 Å². The third kappa shape index (κ3) is 2.12. The first-order chi connectivity index (χ1) is 8.22. The molecule has 2 aliphatic heterocycles. The maximum atomic E-state index is 10.5. The van der Waals surface area contributed by atoms with E-state index in [-0.39, 0.29) is 5.00 Å². The lowest BCUT2D eigenvalue weighted by Gasteiger charge is -2.18. The first kappa shape index (κ1) is 10.9. The lowest BCUT2D eigenvalue weighted by molar-refractivity contribution is -0.380. The molecule has 1 N–H and O–H groups in total. The zero-order valence-electron chi connectivity index (χ0n) is 9.17. The number of aromatic nitrogens is 1. The number of nitrogens with zero attached hydrogens (tertiary/aromatic N) is 2. The van der Waals surface area contributed by atoms with Crippen molar-refractivity contribution in [2.24, 2.45) is 5.92 Å². The summed E-state index contributed by atoms with van der Waals surface area (Å²) in [7, 11) is 0. The van der Waals surface area contributed by atoms with Crippen molar-refractivity contribution in [2.75, 3.05) is 11.9 Å². The van der Waals surface area contributed by atoms with Gasteiger partial charge in [-0.3, -0.25) is 10.1 Å². The Labute approximate surface area is 102 Å². The second kappa shape index (κ2) is 4.23. The van der Waals surface area contributed by atoms with Crippen LogP contribution >= 0.6 is 11.3 Å². The molecule has 7 heteroatoms. The van der Waals surface area contributed by atoms with Crippen LogP contribution in [0.1, 0.15) is 19.3 Å². The van der Waals surface area contributed by atoms with Gasteiger partial charge in [0, 0.05) is 12.5 Å². The topological polar surface area (TPSA) is 77.3 Å². The Morgan fingerprint density at radius 2 is 2.53 bits per heavy atom. The number of fused-ring (bicyclic) bond motifs is 2. The molecule has 2 saturated heterocycles. The van der Waals surface area contributed by atoms with Crippen LogP contribution in [0.3, 0.4) is 0 Å². The molecule has 0 aromatic carbocycles. The minimum Gasteiger partial charge on any atom is -0.375 e. The Hall–Kier alpha value is -1.21. The molecule has 1 aromatic rings. The van der Waals surface area contributed by atoms with Crippen molar-refractivity contribution in [3.05, 3.63) is 16.3 Å². The zero-order valence-corrected chi connectivity index (χ0v) is 9.98. The highest BCUT2D eigenvalue weighted by Gasteiger charge is 2.40. The van der Waals surface area contributed by atoms with Crippen molar-refractivity contribution in [3.8, 4) is 0 Å². The molecular formula is C10H13N3O3S. The van der Waals surface area contributed by atoms with Crippen molar-refractivity contribution in [1.82, 2.24) is 4.98 Å². The number of ether oxygens (including phenoxy) is 1. The van der Waals surface area contributed by atoms with Gasteiger partial charge in [0.05, 0.1) is 17.1 Å². The van der Waals surface area contributed by atoms with Gasteiger partial charge in [-0.05, 0) is 30.6 Å². The van der Waals surface area contributed by atoms with Gasteiger partial charge in [-0.25, -0.2) is 4.98 Å². The van der Waals surface area contributed by atoms with E-state index in [1.807, 2.05) is 0 Å². The zero-order chi connectivity index (χ0) is 11.8. The summed E-state index contributed by atoms with van der Waals surface area (Å²) in [5.74, 6) is 0.525. The fourth-order valence-corrected chi connectivity index (χ4v) is 3.25. The SMILES string of the molecule is O=[N+]([O-])c1cnc(NCC2CC3CCC2O3)s1. The van der Waals surface area contributed by atoms with Crippen molar-refractivity contribution in [2.45, 2.75) is 31.5 Å². The Morgan fingerprint density at radius 3 is 3.12 bits per heavy atom. The molecule has 3 atom stereocenters. The molecule has 0 spiro atoms. The molecule has 92 valence electrons. The van der Waals surface area contributed by atoms with Crippen LogP contribution in [0.15, 0.2) is 6.20 Å². The summed E-state index contributed by atoms with van der Waals surface area (Å²) in [4.78, 5) is 14.1. The molecule has 0 saturated carbocycles. The monoisotopic (exact) mass is 255 g/mol. The average Bonchev–Trinajstić information content (AvgIpc) is 3.02. The lowest BCUT2D eigenvalue weighted by Crippen LogP contribution is -2.24. The maximum Gasteiger partial charge on any atom is 0.345 e. The molecule has 3 heterocycles. The smallest absolute Gasteiger partial charge is 0.345 e. The minimum atomic E-state index is -0.413. The fourth-order valence-electron chi connectivity index (χ4n) is 2.61. The molecule has 0 radical (unpaired) electrons. The number of rotatable bonds is 4. The van der Waals surface area contributed by atoms with E-state index < -0.39 is 4.92 Å². The predicted molar refractivity (Wildman–Crippen MR) is 63.3 cm³/mol. The summed E-state index contributed by atoms with van der Waals surface area (Å²) < 4.78 is 5.75. The minimum absolute atomic E-state index is 0.0803. The van der Waals surface area contributed by atoms with E-state index in [1.165, 1.54) is 12.6 Å². The van der Waals surface area contributed by atoms with Crippen LogP contribution < -0.4 is 5.32 Å². The highest BCUT2D eigenvalue weighted by atomic mass is 32.1. The van der Waals surface area contributed by atoms with Crippen LogP contribution in [0.25, 0.3) is 0 Å². The van der Waals surface area contributed by atoms with Gasteiger partial charge in [-0.1, -0.05) is 0 Å². The van der Waals surface area contributed by atoms with E-state index in [1.54, 1.807) is 0 Å². The normalized spacial score (nSPS) is 30.7. The lowest BCUT2D eigenvalue weighted by atomic mass is 9.89. The van der Waals surface area contributed by atoms with E-state index in [2.05, 4.69) is 10.3 Å². The van der Waals surface area contributed by atoms with E-state index in [0.717, 1.165) is 30.7 Å². The number of hydrogen-bond acceptors (Lipinski definition) is 6. The highest BCUT2D eigenvalue weighted by molar-refractivity contribution is 7.18. The number of thiazole rings is 1. The van der Waals surface area contributed by atoms with E-state index >= 15 is 0 Å².